The summed E-state index contributed by atoms with van der Waals surface area (Å²) in [5.74, 6) is 0.265. The zero-order chi connectivity index (χ0) is 20.1. The van der Waals surface area contributed by atoms with E-state index in [0.29, 0.717) is 47.8 Å². The molecule has 3 aromatic rings. The van der Waals surface area contributed by atoms with Crippen LogP contribution in [0, 0.1) is 0 Å². The molecule has 150 valence electrons. The molecule has 1 aliphatic heterocycles. The van der Waals surface area contributed by atoms with Crippen LogP contribution >= 0.6 is 15.9 Å². The first kappa shape index (κ1) is 19.3. The van der Waals surface area contributed by atoms with Gasteiger partial charge in [0.2, 0.25) is 10.0 Å². The van der Waals surface area contributed by atoms with E-state index in [0.717, 1.165) is 11.1 Å². The van der Waals surface area contributed by atoms with Crippen LogP contribution in [-0.2, 0) is 17.1 Å². The van der Waals surface area contributed by atoms with Gasteiger partial charge in [0.25, 0.3) is 0 Å². The van der Waals surface area contributed by atoms with E-state index in [1.54, 1.807) is 21.6 Å². The van der Waals surface area contributed by atoms with Crippen LogP contribution in [0.5, 0.6) is 0 Å². The Kier molecular flexibility index (Phi) is 4.89. The molecule has 1 atom stereocenters. The van der Waals surface area contributed by atoms with Gasteiger partial charge in [-0.2, -0.15) is 14.7 Å². The highest BCUT2D eigenvalue weighted by atomic mass is 79.9. The number of hydrogen-bond acceptors (Lipinski definition) is 7. The van der Waals surface area contributed by atoms with Gasteiger partial charge in [0.15, 0.2) is 5.65 Å². The molecule has 0 spiro atoms. The Bertz CT molecular complexity index is 1140. The number of rotatable bonds is 3. The molecule has 10 nitrogen and oxygen atoms in total. The third-order valence-electron chi connectivity index (χ3n) is 4.87. The minimum Gasteiger partial charge on any atom is -0.383 e. The normalized spacial score (nSPS) is 19.2. The molecule has 3 aromatic heterocycles. The number of aromatic nitrogens is 5. The van der Waals surface area contributed by atoms with Crippen molar-refractivity contribution in [2.24, 2.45) is 7.05 Å². The molecule has 4 heterocycles. The lowest BCUT2D eigenvalue weighted by atomic mass is 10.1. The van der Waals surface area contributed by atoms with Crippen LogP contribution in [0.25, 0.3) is 16.8 Å². The highest BCUT2D eigenvalue weighted by Crippen LogP contribution is 2.33. The minimum absolute atomic E-state index is 0.157. The highest BCUT2D eigenvalue weighted by Gasteiger charge is 2.29. The molecule has 1 saturated heterocycles. The first-order valence-corrected chi connectivity index (χ1v) is 11.4. The van der Waals surface area contributed by atoms with Crippen LogP contribution in [0.2, 0.25) is 0 Å². The maximum absolute atomic E-state index is 12.1. The van der Waals surface area contributed by atoms with Crippen molar-refractivity contribution >= 4 is 37.4 Å². The number of aryl methyl sites for hydroxylation is 1. The van der Waals surface area contributed by atoms with E-state index in [-0.39, 0.29) is 5.92 Å². The minimum atomic E-state index is -3.30. The lowest BCUT2D eigenvalue weighted by Gasteiger charge is -2.22. The quantitative estimate of drug-likeness (QED) is 0.570. The van der Waals surface area contributed by atoms with Gasteiger partial charge in [-0.05, 0) is 15.9 Å². The largest absolute Gasteiger partial charge is 0.383 e. The maximum Gasteiger partial charge on any atom is 0.211 e. The number of nitrogens with zero attached hydrogens (tertiary/aromatic N) is 6. The Balaban J connectivity index is 1.83. The Morgan fingerprint density at radius 2 is 2.11 bits per heavy atom. The predicted octanol–water partition coefficient (Wildman–Crippen LogP) is 0.423. The Morgan fingerprint density at radius 3 is 2.79 bits per heavy atom. The van der Waals surface area contributed by atoms with Gasteiger partial charge >= 0.3 is 0 Å². The maximum atomic E-state index is 12.1. The molecule has 0 amide bonds. The monoisotopic (exact) mass is 468 g/mol. The summed E-state index contributed by atoms with van der Waals surface area (Å²) in [6, 6.07) is 0. The Labute approximate surface area is 170 Å². The molecular weight excluding hydrogens is 448 g/mol. The first-order chi connectivity index (χ1) is 13.3. The smallest absolute Gasteiger partial charge is 0.211 e. The van der Waals surface area contributed by atoms with Crippen LogP contribution < -0.4 is 11.1 Å². The second kappa shape index (κ2) is 7.10. The number of nitrogens with one attached hydrogen (secondary N) is 1. The predicted molar refractivity (Wildman–Crippen MR) is 109 cm³/mol. The zero-order valence-corrected chi connectivity index (χ0v) is 17.9. The van der Waals surface area contributed by atoms with Crippen molar-refractivity contribution in [1.82, 2.24) is 34.0 Å². The highest BCUT2D eigenvalue weighted by molar-refractivity contribution is 9.10. The van der Waals surface area contributed by atoms with E-state index in [1.165, 1.54) is 10.6 Å². The number of nitrogen functional groups attached to an aromatic ring is 1. The molecule has 12 heteroatoms. The van der Waals surface area contributed by atoms with Crippen LogP contribution in [0.15, 0.2) is 23.1 Å². The molecule has 0 saturated carbocycles. The summed E-state index contributed by atoms with van der Waals surface area (Å²) in [4.78, 5) is 4.84. The molecule has 28 heavy (non-hydrogen) atoms. The van der Waals surface area contributed by atoms with Crippen molar-refractivity contribution in [2.45, 2.75) is 5.92 Å². The Hall–Kier alpha value is -2.02. The average molecular weight is 469 g/mol. The van der Waals surface area contributed by atoms with Crippen molar-refractivity contribution in [3.8, 4) is 11.1 Å². The third-order valence-corrected chi connectivity index (χ3v) is 6.95. The van der Waals surface area contributed by atoms with Crippen LogP contribution in [0.4, 0.5) is 5.82 Å². The van der Waals surface area contributed by atoms with Gasteiger partial charge in [0.1, 0.15) is 5.82 Å². The van der Waals surface area contributed by atoms with Crippen molar-refractivity contribution in [1.29, 1.82) is 0 Å². The van der Waals surface area contributed by atoms with E-state index in [1.807, 2.05) is 13.2 Å². The summed E-state index contributed by atoms with van der Waals surface area (Å²) < 4.78 is 29.6. The number of sulfonamides is 1. The summed E-state index contributed by atoms with van der Waals surface area (Å²) in [6.45, 7) is 1.96. The summed E-state index contributed by atoms with van der Waals surface area (Å²) in [5, 5.41) is 11.9. The van der Waals surface area contributed by atoms with Crippen molar-refractivity contribution < 1.29 is 8.42 Å². The van der Waals surface area contributed by atoms with Gasteiger partial charge in [0.05, 0.1) is 28.8 Å². The van der Waals surface area contributed by atoms with Gasteiger partial charge in [-0.15, -0.1) is 0 Å². The summed E-state index contributed by atoms with van der Waals surface area (Å²) in [6.07, 6.45) is 6.57. The second-order valence-electron chi connectivity index (χ2n) is 6.91. The van der Waals surface area contributed by atoms with Gasteiger partial charge in [-0.1, -0.05) is 0 Å². The molecule has 1 fully saturated rings. The first-order valence-electron chi connectivity index (χ1n) is 8.73. The van der Waals surface area contributed by atoms with E-state index in [9.17, 15) is 8.42 Å². The average Bonchev–Trinajstić information content (AvgIpc) is 3.15. The number of nitrogens with two attached hydrogens (primary N) is 1. The number of anilines is 1. The fraction of sp³-hybridized carbons (Fsp3) is 0.438. The van der Waals surface area contributed by atoms with Gasteiger partial charge in [0, 0.05) is 56.5 Å². The molecule has 3 N–H and O–H groups in total. The fourth-order valence-electron chi connectivity index (χ4n) is 3.41. The molecule has 4 rings (SSSR count). The molecule has 1 unspecified atom stereocenters. The third kappa shape index (κ3) is 3.41. The Morgan fingerprint density at radius 1 is 1.32 bits per heavy atom. The topological polar surface area (TPSA) is 123 Å². The molecule has 0 aliphatic carbocycles. The van der Waals surface area contributed by atoms with Gasteiger partial charge < -0.3 is 11.1 Å². The molecule has 0 aromatic carbocycles. The summed E-state index contributed by atoms with van der Waals surface area (Å²) in [5.41, 5.74) is 9.34. The molecule has 0 radical (unpaired) electrons. The van der Waals surface area contributed by atoms with Crippen molar-refractivity contribution in [3.05, 3.63) is 28.8 Å². The van der Waals surface area contributed by atoms with Crippen LogP contribution in [-0.4, -0.2) is 69.5 Å². The zero-order valence-electron chi connectivity index (χ0n) is 15.5. The van der Waals surface area contributed by atoms with Gasteiger partial charge in [-0.25, -0.2) is 17.7 Å². The standard InChI is InChI=1S/C16H21BrN8O2S/c1-23-8-10(6-20-23)12-7-21-25-15(18)13(17)14(22-16(12)25)11-5-19-3-4-24(9-11)28(2,26)27/h6-8,11,19H,3-5,9,18H2,1-2H3. The van der Waals surface area contributed by atoms with Gasteiger partial charge in [-0.3, -0.25) is 4.68 Å². The van der Waals surface area contributed by atoms with Crippen molar-refractivity contribution in [2.75, 3.05) is 38.2 Å². The SMILES string of the molecule is Cn1cc(-c2cnn3c(N)c(Br)c(C4CNCCN(S(C)(=O)=O)C4)nc23)cn1. The van der Waals surface area contributed by atoms with E-state index in [4.69, 9.17) is 10.7 Å². The number of hydrogen-bond donors (Lipinski definition) is 2. The lowest BCUT2D eigenvalue weighted by molar-refractivity contribution is 0.417. The van der Waals surface area contributed by atoms with E-state index < -0.39 is 10.0 Å². The molecule has 0 bridgehead atoms. The number of halogens is 1. The van der Waals surface area contributed by atoms with Crippen LogP contribution in [0.1, 0.15) is 11.6 Å². The van der Waals surface area contributed by atoms with Crippen molar-refractivity contribution in [3.63, 3.8) is 0 Å². The number of fused-ring (bicyclic) bond motifs is 1. The summed E-state index contributed by atoms with van der Waals surface area (Å²) >= 11 is 3.54. The van der Waals surface area contributed by atoms with E-state index >= 15 is 0 Å². The molecular formula is C16H21BrN8O2S. The van der Waals surface area contributed by atoms with E-state index in [2.05, 4.69) is 31.4 Å². The second-order valence-corrected chi connectivity index (χ2v) is 9.69. The lowest BCUT2D eigenvalue weighted by Crippen LogP contribution is -2.34. The van der Waals surface area contributed by atoms with Crippen LogP contribution in [0.3, 0.4) is 0 Å². The molecule has 1 aliphatic rings. The fourth-order valence-corrected chi connectivity index (χ4v) is 4.87. The summed E-state index contributed by atoms with van der Waals surface area (Å²) in [7, 11) is -1.46.